The summed E-state index contributed by atoms with van der Waals surface area (Å²) < 4.78 is 12.9. The minimum atomic E-state index is -0.385. The molecular formula is C19H22FN4OS+. The summed E-state index contributed by atoms with van der Waals surface area (Å²) in [6, 6.07) is 13.3. The summed E-state index contributed by atoms with van der Waals surface area (Å²) >= 11 is 5.18. The minimum absolute atomic E-state index is 0.204. The van der Waals surface area contributed by atoms with Gasteiger partial charge in [-0.3, -0.25) is 10.1 Å². The van der Waals surface area contributed by atoms with Crippen LogP contribution in [0, 0.1) is 5.82 Å². The third-order valence-electron chi connectivity index (χ3n) is 4.44. The summed E-state index contributed by atoms with van der Waals surface area (Å²) in [4.78, 5) is 16.0. The molecule has 0 aliphatic carbocycles. The second kappa shape index (κ2) is 8.25. The zero-order valence-corrected chi connectivity index (χ0v) is 15.4. The summed E-state index contributed by atoms with van der Waals surface area (Å²) in [5, 5.41) is 5.79. The van der Waals surface area contributed by atoms with Crippen LogP contribution < -0.4 is 20.4 Å². The number of carbonyl (C=O) groups excluding carboxylic acids is 1. The van der Waals surface area contributed by atoms with Gasteiger partial charge in [0, 0.05) is 16.9 Å². The van der Waals surface area contributed by atoms with E-state index in [0.717, 1.165) is 31.9 Å². The number of quaternary nitrogens is 1. The van der Waals surface area contributed by atoms with Crippen LogP contribution in [0.15, 0.2) is 48.5 Å². The highest BCUT2D eigenvalue weighted by Crippen LogP contribution is 2.18. The normalized spacial score (nSPS) is 14.8. The van der Waals surface area contributed by atoms with Crippen molar-refractivity contribution in [1.29, 1.82) is 0 Å². The van der Waals surface area contributed by atoms with Crippen molar-refractivity contribution < 1.29 is 14.1 Å². The predicted molar refractivity (Wildman–Crippen MR) is 105 cm³/mol. The van der Waals surface area contributed by atoms with E-state index in [4.69, 9.17) is 12.2 Å². The van der Waals surface area contributed by atoms with Crippen molar-refractivity contribution in [3.05, 3.63) is 59.9 Å². The Balaban J connectivity index is 1.54. The lowest BCUT2D eigenvalue weighted by Gasteiger charge is -2.31. The van der Waals surface area contributed by atoms with Crippen LogP contribution in [-0.2, 0) is 0 Å². The third kappa shape index (κ3) is 4.77. The molecule has 0 spiro atoms. The van der Waals surface area contributed by atoms with Crippen LogP contribution in [0.3, 0.4) is 0 Å². The molecule has 5 nitrogen and oxygen atoms in total. The van der Waals surface area contributed by atoms with Gasteiger partial charge in [-0.15, -0.1) is 0 Å². The van der Waals surface area contributed by atoms with Gasteiger partial charge in [0.05, 0.1) is 33.2 Å². The first kappa shape index (κ1) is 18.3. The van der Waals surface area contributed by atoms with Crippen molar-refractivity contribution in [2.24, 2.45) is 0 Å². The molecule has 0 saturated carbocycles. The Hall–Kier alpha value is -2.51. The first-order valence-electron chi connectivity index (χ1n) is 8.55. The highest BCUT2D eigenvalue weighted by Gasteiger charge is 2.16. The number of rotatable bonds is 3. The highest BCUT2D eigenvalue weighted by atomic mass is 32.1. The van der Waals surface area contributed by atoms with Gasteiger partial charge in [-0.2, -0.15) is 0 Å². The van der Waals surface area contributed by atoms with E-state index >= 15 is 0 Å². The molecule has 2 aromatic rings. The van der Waals surface area contributed by atoms with E-state index in [0.29, 0.717) is 5.56 Å². The molecule has 0 aromatic heterocycles. The largest absolute Gasteiger partial charge is 0.360 e. The molecule has 1 heterocycles. The molecule has 3 N–H and O–H groups in total. The smallest absolute Gasteiger partial charge is 0.257 e. The molecule has 26 heavy (non-hydrogen) atoms. The van der Waals surface area contributed by atoms with E-state index in [1.54, 1.807) is 4.90 Å². The molecule has 0 radical (unpaired) electrons. The lowest BCUT2D eigenvalue weighted by atomic mass is 10.2. The first-order chi connectivity index (χ1) is 12.5. The Labute approximate surface area is 157 Å². The van der Waals surface area contributed by atoms with E-state index in [1.165, 1.54) is 30.0 Å². The van der Waals surface area contributed by atoms with Crippen LogP contribution in [0.4, 0.5) is 15.8 Å². The van der Waals surface area contributed by atoms with E-state index in [1.807, 2.05) is 24.3 Å². The molecule has 7 heteroatoms. The summed E-state index contributed by atoms with van der Waals surface area (Å²) in [6.07, 6.45) is 0. The number of amides is 1. The van der Waals surface area contributed by atoms with E-state index in [9.17, 15) is 9.18 Å². The number of nitrogens with one attached hydrogen (secondary N) is 3. The molecule has 0 unspecified atom stereocenters. The monoisotopic (exact) mass is 373 g/mol. The predicted octanol–water partition coefficient (Wildman–Crippen LogP) is 1.29. The Kier molecular flexibility index (Phi) is 5.80. The van der Waals surface area contributed by atoms with Gasteiger partial charge in [0.15, 0.2) is 5.11 Å². The van der Waals surface area contributed by atoms with Gasteiger partial charge >= 0.3 is 0 Å². The molecule has 1 amide bonds. The van der Waals surface area contributed by atoms with Crippen molar-refractivity contribution >= 4 is 34.6 Å². The SMILES string of the molecule is C[NH+]1CCN(c2ccc(NC(=S)NC(=O)c3ccc(F)cc3)cc2)CC1. The lowest BCUT2D eigenvalue weighted by Crippen LogP contribution is -3.12. The molecule has 3 rings (SSSR count). The second-order valence-corrected chi connectivity index (χ2v) is 6.81. The third-order valence-corrected chi connectivity index (χ3v) is 4.64. The van der Waals surface area contributed by atoms with Gasteiger partial charge in [0.1, 0.15) is 5.82 Å². The molecule has 1 aliphatic heterocycles. The Bertz CT molecular complexity index is 771. The fraction of sp³-hybridized carbons (Fsp3) is 0.263. The Morgan fingerprint density at radius 1 is 1.08 bits per heavy atom. The van der Waals surface area contributed by atoms with Crippen molar-refractivity contribution in [3.8, 4) is 0 Å². The average Bonchev–Trinajstić information content (AvgIpc) is 2.63. The Morgan fingerprint density at radius 3 is 2.31 bits per heavy atom. The van der Waals surface area contributed by atoms with E-state index in [-0.39, 0.29) is 16.8 Å². The van der Waals surface area contributed by atoms with Crippen molar-refractivity contribution in [2.75, 3.05) is 43.4 Å². The first-order valence-corrected chi connectivity index (χ1v) is 8.96. The summed E-state index contributed by atoms with van der Waals surface area (Å²) in [5.41, 5.74) is 2.34. The van der Waals surface area contributed by atoms with Crippen molar-refractivity contribution in [2.45, 2.75) is 0 Å². The maximum atomic E-state index is 12.9. The van der Waals surface area contributed by atoms with Crippen LogP contribution >= 0.6 is 12.2 Å². The fourth-order valence-electron chi connectivity index (χ4n) is 2.84. The van der Waals surface area contributed by atoms with Crippen molar-refractivity contribution in [3.63, 3.8) is 0 Å². The standard InChI is InChI=1S/C19H21FN4OS/c1-23-10-12-24(13-11-23)17-8-6-16(7-9-17)21-19(26)22-18(25)14-2-4-15(20)5-3-14/h2-9H,10-13H2,1H3,(H2,21,22,25,26)/p+1. The number of anilines is 2. The second-order valence-electron chi connectivity index (χ2n) is 6.41. The number of benzene rings is 2. The molecule has 1 aliphatic rings. The number of piperazine rings is 1. The number of thiocarbonyl (C=S) groups is 1. The molecule has 2 aromatic carbocycles. The molecule has 0 bridgehead atoms. The number of likely N-dealkylation sites (N-methyl/N-ethyl adjacent to an activating group) is 1. The number of halogens is 1. The van der Waals surface area contributed by atoms with Crippen LogP contribution in [0.2, 0.25) is 0 Å². The zero-order valence-electron chi connectivity index (χ0n) is 14.6. The maximum Gasteiger partial charge on any atom is 0.257 e. The molecule has 136 valence electrons. The van der Waals surface area contributed by atoms with Crippen LogP contribution in [0.5, 0.6) is 0 Å². The van der Waals surface area contributed by atoms with Gasteiger partial charge in [-0.1, -0.05) is 0 Å². The zero-order chi connectivity index (χ0) is 18.5. The van der Waals surface area contributed by atoms with Gasteiger partial charge in [-0.25, -0.2) is 4.39 Å². The summed E-state index contributed by atoms with van der Waals surface area (Å²) in [5.74, 6) is -0.761. The van der Waals surface area contributed by atoms with Gasteiger partial charge < -0.3 is 15.1 Å². The van der Waals surface area contributed by atoms with Crippen LogP contribution in [-0.4, -0.2) is 44.2 Å². The maximum absolute atomic E-state index is 12.9. The quantitative estimate of drug-likeness (QED) is 0.710. The molecular weight excluding hydrogens is 351 g/mol. The Morgan fingerprint density at radius 2 is 1.69 bits per heavy atom. The van der Waals surface area contributed by atoms with Crippen LogP contribution in [0.25, 0.3) is 0 Å². The number of carbonyl (C=O) groups is 1. The van der Waals surface area contributed by atoms with Gasteiger partial charge in [0.25, 0.3) is 5.91 Å². The lowest BCUT2D eigenvalue weighted by molar-refractivity contribution is -0.880. The fourth-order valence-corrected chi connectivity index (χ4v) is 3.05. The van der Waals surface area contributed by atoms with E-state index < -0.39 is 0 Å². The van der Waals surface area contributed by atoms with Crippen molar-refractivity contribution in [1.82, 2.24) is 5.32 Å². The van der Waals surface area contributed by atoms with Gasteiger partial charge in [0.2, 0.25) is 0 Å². The highest BCUT2D eigenvalue weighted by molar-refractivity contribution is 7.80. The number of nitrogens with zero attached hydrogens (tertiary/aromatic N) is 1. The molecule has 0 atom stereocenters. The number of hydrogen-bond donors (Lipinski definition) is 3. The summed E-state index contributed by atoms with van der Waals surface area (Å²) in [7, 11) is 2.21. The topological polar surface area (TPSA) is 48.8 Å². The summed E-state index contributed by atoms with van der Waals surface area (Å²) in [6.45, 7) is 4.37. The van der Waals surface area contributed by atoms with E-state index in [2.05, 4.69) is 22.6 Å². The van der Waals surface area contributed by atoms with Crippen LogP contribution in [0.1, 0.15) is 10.4 Å². The van der Waals surface area contributed by atoms with Gasteiger partial charge in [-0.05, 0) is 60.7 Å². The number of hydrogen-bond acceptors (Lipinski definition) is 3. The average molecular weight is 373 g/mol. The minimum Gasteiger partial charge on any atom is -0.360 e. The molecule has 1 fully saturated rings. The molecule has 1 saturated heterocycles.